The third-order valence-corrected chi connectivity index (χ3v) is 5.70. The van der Waals surface area contributed by atoms with Crippen LogP contribution in [-0.2, 0) is 20.0 Å². The van der Waals surface area contributed by atoms with Gasteiger partial charge in [-0.1, -0.05) is 41.9 Å². The van der Waals surface area contributed by atoms with Gasteiger partial charge in [-0.15, -0.1) is 0 Å². The van der Waals surface area contributed by atoms with E-state index in [1.54, 1.807) is 24.3 Å². The summed E-state index contributed by atoms with van der Waals surface area (Å²) in [6.45, 7) is 2.41. The minimum Gasteiger partial charge on any atom is -0.353 e. The Morgan fingerprint density at radius 1 is 1.11 bits per heavy atom. The lowest BCUT2D eigenvalue weighted by Crippen LogP contribution is -2.41. The molecular weight excluding hydrogens is 370 g/mol. The molecule has 2 aromatic carbocycles. The van der Waals surface area contributed by atoms with Crippen LogP contribution in [0.15, 0.2) is 66.9 Å². The number of aryl methyl sites for hydroxylation is 1. The molecular formula is C23H24ClN3O. The van der Waals surface area contributed by atoms with Crippen LogP contribution in [0.4, 0.5) is 0 Å². The van der Waals surface area contributed by atoms with Gasteiger partial charge in [0.25, 0.3) is 5.91 Å². The fourth-order valence-electron chi connectivity index (χ4n) is 3.95. The Kier molecular flexibility index (Phi) is 5.51. The molecule has 0 fully saturated rings. The van der Waals surface area contributed by atoms with Crippen LogP contribution in [0, 0.1) is 0 Å². The Bertz CT molecular complexity index is 981. The molecule has 1 N–H and O–H groups in total. The van der Waals surface area contributed by atoms with E-state index < -0.39 is 0 Å². The summed E-state index contributed by atoms with van der Waals surface area (Å²) in [4.78, 5) is 15.1. The van der Waals surface area contributed by atoms with Crippen LogP contribution in [0.2, 0.25) is 5.02 Å². The minimum absolute atomic E-state index is 0.0980. The molecule has 1 unspecified atom stereocenters. The molecule has 144 valence electrons. The summed E-state index contributed by atoms with van der Waals surface area (Å²) in [5, 5.41) is 3.68. The topological polar surface area (TPSA) is 37.3 Å². The molecule has 3 aromatic rings. The molecule has 0 saturated carbocycles. The van der Waals surface area contributed by atoms with Gasteiger partial charge in [-0.3, -0.25) is 9.69 Å². The van der Waals surface area contributed by atoms with Crippen molar-refractivity contribution >= 4 is 17.5 Å². The molecule has 0 saturated heterocycles. The lowest BCUT2D eigenvalue weighted by molar-refractivity contribution is 0.0925. The Hall–Kier alpha value is -2.56. The number of fused-ring (bicyclic) bond motifs is 1. The van der Waals surface area contributed by atoms with Gasteiger partial charge in [0.2, 0.25) is 0 Å². The highest BCUT2D eigenvalue weighted by Gasteiger charge is 2.26. The summed E-state index contributed by atoms with van der Waals surface area (Å²) < 4.78 is 2.14. The number of rotatable bonds is 5. The number of carbonyl (C=O) groups is 1. The summed E-state index contributed by atoms with van der Waals surface area (Å²) in [7, 11) is 2.05. The number of amides is 1. The van der Waals surface area contributed by atoms with Gasteiger partial charge in [-0.2, -0.15) is 0 Å². The largest absolute Gasteiger partial charge is 0.353 e. The lowest BCUT2D eigenvalue weighted by atomic mass is 9.97. The highest BCUT2D eigenvalue weighted by atomic mass is 35.5. The molecule has 4 nitrogen and oxygen atoms in total. The second-order valence-corrected chi connectivity index (χ2v) is 7.71. The second kappa shape index (κ2) is 8.21. The summed E-state index contributed by atoms with van der Waals surface area (Å²) in [6.07, 6.45) is 3.08. The molecule has 1 aromatic heterocycles. The second-order valence-electron chi connectivity index (χ2n) is 7.27. The molecule has 28 heavy (non-hydrogen) atoms. The van der Waals surface area contributed by atoms with E-state index in [0.29, 0.717) is 17.1 Å². The summed E-state index contributed by atoms with van der Waals surface area (Å²) >= 11 is 6.03. The van der Waals surface area contributed by atoms with Gasteiger partial charge in [0.1, 0.15) is 0 Å². The number of carbonyl (C=O) groups excluding carboxylic acids is 1. The van der Waals surface area contributed by atoms with Crippen LogP contribution in [0.1, 0.15) is 33.2 Å². The van der Waals surface area contributed by atoms with E-state index in [4.69, 9.17) is 11.6 Å². The molecule has 5 heteroatoms. The van der Waals surface area contributed by atoms with Crippen molar-refractivity contribution in [2.24, 2.45) is 7.05 Å². The number of hydrogen-bond acceptors (Lipinski definition) is 2. The van der Waals surface area contributed by atoms with Crippen molar-refractivity contribution < 1.29 is 4.79 Å². The average molecular weight is 394 g/mol. The zero-order valence-electron chi connectivity index (χ0n) is 15.9. The molecule has 0 bridgehead atoms. The van der Waals surface area contributed by atoms with Gasteiger partial charge < -0.3 is 9.88 Å². The van der Waals surface area contributed by atoms with Crippen LogP contribution in [0.3, 0.4) is 0 Å². The third kappa shape index (κ3) is 3.98. The van der Waals surface area contributed by atoms with Crippen molar-refractivity contribution in [1.82, 2.24) is 14.8 Å². The first-order chi connectivity index (χ1) is 13.6. The predicted molar refractivity (Wildman–Crippen MR) is 112 cm³/mol. The fourth-order valence-corrected chi connectivity index (χ4v) is 4.14. The van der Waals surface area contributed by atoms with E-state index in [-0.39, 0.29) is 11.9 Å². The average Bonchev–Trinajstić information content (AvgIpc) is 3.13. The van der Waals surface area contributed by atoms with Gasteiger partial charge in [-0.05, 0) is 47.9 Å². The van der Waals surface area contributed by atoms with Crippen molar-refractivity contribution in [3.63, 3.8) is 0 Å². The maximum atomic E-state index is 12.6. The Morgan fingerprint density at radius 3 is 2.68 bits per heavy atom. The molecule has 1 amide bonds. The Labute approximate surface area is 170 Å². The molecule has 2 heterocycles. The van der Waals surface area contributed by atoms with Gasteiger partial charge in [0, 0.05) is 49.2 Å². The summed E-state index contributed by atoms with van der Waals surface area (Å²) in [6, 6.07) is 20.0. The van der Waals surface area contributed by atoms with Gasteiger partial charge >= 0.3 is 0 Å². The van der Waals surface area contributed by atoms with Crippen molar-refractivity contribution in [3.8, 4) is 0 Å². The van der Waals surface area contributed by atoms with Crippen molar-refractivity contribution in [1.29, 1.82) is 0 Å². The van der Waals surface area contributed by atoms with Gasteiger partial charge in [0.05, 0.1) is 6.04 Å². The van der Waals surface area contributed by atoms with Crippen molar-refractivity contribution in [3.05, 3.63) is 94.3 Å². The quantitative estimate of drug-likeness (QED) is 0.705. The van der Waals surface area contributed by atoms with Gasteiger partial charge in [-0.25, -0.2) is 0 Å². The van der Waals surface area contributed by atoms with Crippen LogP contribution < -0.4 is 5.32 Å². The standard InChI is InChI=1S/C23H24ClN3O/c1-26-12-5-10-21(26)22(15-25-23(28)18-8-4-9-20(24)14-18)27-13-11-17-6-2-3-7-19(17)16-27/h2-10,12,14,22H,11,13,15-16H2,1H3,(H,25,28). The van der Waals surface area contributed by atoms with Crippen LogP contribution in [0.5, 0.6) is 0 Å². The molecule has 0 spiro atoms. The first kappa shape index (κ1) is 18.8. The first-order valence-electron chi connectivity index (χ1n) is 9.57. The number of halogens is 1. The van der Waals surface area contributed by atoms with Crippen LogP contribution >= 0.6 is 11.6 Å². The molecule has 4 rings (SSSR count). The highest BCUT2D eigenvalue weighted by Crippen LogP contribution is 2.27. The number of hydrogen-bond donors (Lipinski definition) is 1. The van der Waals surface area contributed by atoms with E-state index in [2.05, 4.69) is 64.4 Å². The number of benzene rings is 2. The zero-order chi connectivity index (χ0) is 19.5. The summed E-state index contributed by atoms with van der Waals surface area (Å²) in [5.41, 5.74) is 4.58. The van der Waals surface area contributed by atoms with E-state index in [1.807, 2.05) is 0 Å². The van der Waals surface area contributed by atoms with E-state index >= 15 is 0 Å². The SMILES string of the molecule is Cn1cccc1C(CNC(=O)c1cccc(Cl)c1)N1CCc2ccccc2C1. The lowest BCUT2D eigenvalue weighted by Gasteiger charge is -2.36. The summed E-state index contributed by atoms with van der Waals surface area (Å²) in [5.74, 6) is -0.0980. The first-order valence-corrected chi connectivity index (χ1v) is 9.95. The maximum Gasteiger partial charge on any atom is 0.251 e. The minimum atomic E-state index is -0.0980. The number of nitrogens with zero attached hydrogens (tertiary/aromatic N) is 2. The normalized spacial score (nSPS) is 15.1. The van der Waals surface area contributed by atoms with Crippen molar-refractivity contribution in [2.75, 3.05) is 13.1 Å². The molecule has 0 aliphatic carbocycles. The monoisotopic (exact) mass is 393 g/mol. The van der Waals surface area contributed by atoms with E-state index in [0.717, 1.165) is 19.5 Å². The number of aromatic nitrogens is 1. The maximum absolute atomic E-state index is 12.6. The molecule has 1 aliphatic heterocycles. The third-order valence-electron chi connectivity index (χ3n) is 5.47. The van der Waals surface area contributed by atoms with E-state index in [9.17, 15) is 4.79 Å². The molecule has 1 aliphatic rings. The van der Waals surface area contributed by atoms with Crippen molar-refractivity contribution in [2.45, 2.75) is 19.0 Å². The predicted octanol–water partition coefficient (Wildman–Crippen LogP) is 4.21. The smallest absolute Gasteiger partial charge is 0.251 e. The van der Waals surface area contributed by atoms with E-state index in [1.165, 1.54) is 16.8 Å². The number of nitrogens with one attached hydrogen (secondary N) is 1. The molecule has 1 atom stereocenters. The van der Waals surface area contributed by atoms with Crippen LogP contribution in [-0.4, -0.2) is 28.5 Å². The fraction of sp³-hybridized carbons (Fsp3) is 0.261. The Morgan fingerprint density at radius 2 is 1.93 bits per heavy atom. The van der Waals surface area contributed by atoms with Gasteiger partial charge in [0.15, 0.2) is 0 Å². The molecule has 0 radical (unpaired) electrons. The highest BCUT2D eigenvalue weighted by molar-refractivity contribution is 6.30. The van der Waals surface area contributed by atoms with Crippen LogP contribution in [0.25, 0.3) is 0 Å². The Balaban J connectivity index is 1.54. The zero-order valence-corrected chi connectivity index (χ0v) is 16.7.